The number of carbonyl (C=O) groups excluding carboxylic acids is 1. The summed E-state index contributed by atoms with van der Waals surface area (Å²) in [4.78, 5) is 15.7. The molecule has 1 aliphatic rings. The van der Waals surface area contributed by atoms with Crippen LogP contribution in [0.1, 0.15) is 15.9 Å². The molecule has 0 aliphatic heterocycles. The fourth-order valence-electron chi connectivity index (χ4n) is 4.67. The number of carbonyl (C=O) groups is 1. The Morgan fingerprint density at radius 1 is 0.562 bits per heavy atom. The number of nitrogens with zero attached hydrogens (tertiary/aromatic N) is 1. The van der Waals surface area contributed by atoms with Crippen LogP contribution in [-0.2, 0) is 0 Å². The van der Waals surface area contributed by atoms with Crippen molar-refractivity contribution in [2.24, 2.45) is 0 Å². The average molecular weight is 476 g/mol. The number of halogens is 1. The van der Waals surface area contributed by atoms with Gasteiger partial charge in [-0.2, -0.15) is 0 Å². The highest BCUT2D eigenvalue weighted by atomic mass is 79.9. The number of rotatable bonds is 3. The van der Waals surface area contributed by atoms with Gasteiger partial charge < -0.3 is 4.90 Å². The Kier molecular flexibility index (Phi) is 4.44. The van der Waals surface area contributed by atoms with E-state index in [4.69, 9.17) is 0 Å². The van der Waals surface area contributed by atoms with Gasteiger partial charge in [-0.05, 0) is 53.6 Å². The molecular formula is C29H18BrNO. The molecule has 0 saturated heterocycles. The normalized spacial score (nSPS) is 12.0. The van der Waals surface area contributed by atoms with E-state index in [0.717, 1.165) is 54.6 Å². The van der Waals surface area contributed by atoms with Crippen molar-refractivity contribution in [3.05, 3.63) is 125 Å². The average Bonchev–Trinajstić information content (AvgIpc) is 2.84. The van der Waals surface area contributed by atoms with Crippen molar-refractivity contribution >= 4 is 49.5 Å². The van der Waals surface area contributed by atoms with Crippen LogP contribution < -0.4 is 4.90 Å². The van der Waals surface area contributed by atoms with Crippen LogP contribution in [0.3, 0.4) is 0 Å². The summed E-state index contributed by atoms with van der Waals surface area (Å²) in [5.74, 6) is 0.0718. The first kappa shape index (κ1) is 19.0. The lowest BCUT2D eigenvalue weighted by Gasteiger charge is -2.29. The molecule has 1 aliphatic carbocycles. The third-order valence-corrected chi connectivity index (χ3v) is 6.54. The Balaban J connectivity index is 1.67. The summed E-state index contributed by atoms with van der Waals surface area (Å²) in [7, 11) is 0. The number of anilines is 3. The van der Waals surface area contributed by atoms with Crippen LogP contribution in [0.5, 0.6) is 0 Å². The van der Waals surface area contributed by atoms with Crippen molar-refractivity contribution in [1.29, 1.82) is 0 Å². The molecule has 32 heavy (non-hydrogen) atoms. The standard InChI is InChI=1S/C29H18BrNO/c30-19-14-15-22-23-16-17-27(24-12-7-13-25(28(23)24)29(32)26(22)18-19)31(20-8-3-1-4-9-20)21-10-5-2-6-11-21/h1-18H. The lowest BCUT2D eigenvalue weighted by Crippen LogP contribution is -2.13. The molecule has 0 aromatic heterocycles. The Morgan fingerprint density at radius 3 is 1.91 bits per heavy atom. The van der Waals surface area contributed by atoms with Crippen molar-refractivity contribution in [3.63, 3.8) is 0 Å². The zero-order valence-electron chi connectivity index (χ0n) is 17.1. The second-order valence-corrected chi connectivity index (χ2v) is 8.80. The van der Waals surface area contributed by atoms with Crippen LogP contribution in [0, 0.1) is 0 Å². The summed E-state index contributed by atoms with van der Waals surface area (Å²) >= 11 is 3.52. The predicted octanol–water partition coefficient (Wildman–Crippen LogP) is 8.28. The molecule has 0 spiro atoms. The fourth-order valence-corrected chi connectivity index (χ4v) is 5.03. The van der Waals surface area contributed by atoms with Crippen molar-refractivity contribution in [2.45, 2.75) is 0 Å². The molecule has 5 aromatic rings. The van der Waals surface area contributed by atoms with Crippen molar-refractivity contribution < 1.29 is 4.79 Å². The van der Waals surface area contributed by atoms with E-state index in [1.54, 1.807) is 0 Å². The van der Waals surface area contributed by atoms with E-state index in [9.17, 15) is 4.79 Å². The van der Waals surface area contributed by atoms with E-state index in [2.05, 4.69) is 63.3 Å². The molecule has 0 unspecified atom stereocenters. The summed E-state index contributed by atoms with van der Waals surface area (Å²) in [5, 5.41) is 2.08. The number of hydrogen-bond acceptors (Lipinski definition) is 2. The van der Waals surface area contributed by atoms with Crippen LogP contribution in [0.4, 0.5) is 17.1 Å². The van der Waals surface area contributed by atoms with Crippen LogP contribution in [0.25, 0.3) is 21.9 Å². The van der Waals surface area contributed by atoms with Crippen LogP contribution >= 0.6 is 15.9 Å². The number of benzene rings is 5. The first-order valence-electron chi connectivity index (χ1n) is 10.5. The third-order valence-electron chi connectivity index (χ3n) is 6.05. The molecule has 0 heterocycles. The summed E-state index contributed by atoms with van der Waals surface area (Å²) in [6, 6.07) is 37.0. The first-order chi connectivity index (χ1) is 15.7. The summed E-state index contributed by atoms with van der Waals surface area (Å²) in [6.45, 7) is 0. The van der Waals surface area contributed by atoms with E-state index >= 15 is 0 Å². The number of para-hydroxylation sites is 2. The highest BCUT2D eigenvalue weighted by molar-refractivity contribution is 9.10. The minimum Gasteiger partial charge on any atom is -0.310 e. The van der Waals surface area contributed by atoms with Gasteiger partial charge in [0.25, 0.3) is 0 Å². The first-order valence-corrected chi connectivity index (χ1v) is 11.3. The maximum Gasteiger partial charge on any atom is 0.194 e. The van der Waals surface area contributed by atoms with Crippen molar-refractivity contribution in [1.82, 2.24) is 0 Å². The van der Waals surface area contributed by atoms with E-state index < -0.39 is 0 Å². The monoisotopic (exact) mass is 475 g/mol. The van der Waals surface area contributed by atoms with Gasteiger partial charge in [0.15, 0.2) is 5.78 Å². The third kappa shape index (κ3) is 2.89. The Morgan fingerprint density at radius 2 is 1.22 bits per heavy atom. The molecule has 2 nitrogen and oxygen atoms in total. The SMILES string of the molecule is O=C1c2cc(Br)ccc2-c2ccc(N(c3ccccc3)c3ccccc3)c3cccc1c23. The second-order valence-electron chi connectivity index (χ2n) is 7.89. The van der Waals surface area contributed by atoms with E-state index in [0.29, 0.717) is 0 Å². The number of ketones is 1. The smallest absolute Gasteiger partial charge is 0.194 e. The molecule has 0 atom stereocenters. The highest BCUT2D eigenvalue weighted by Gasteiger charge is 2.27. The highest BCUT2D eigenvalue weighted by Crippen LogP contribution is 2.46. The Bertz CT molecular complexity index is 1450. The maximum atomic E-state index is 13.4. The lowest BCUT2D eigenvalue weighted by atomic mass is 9.82. The molecule has 0 N–H and O–H groups in total. The molecule has 0 radical (unpaired) electrons. The zero-order valence-corrected chi connectivity index (χ0v) is 18.7. The molecule has 3 heteroatoms. The second kappa shape index (κ2) is 7.47. The van der Waals surface area contributed by atoms with Gasteiger partial charge in [0.1, 0.15) is 0 Å². The molecule has 0 fully saturated rings. The van der Waals surface area contributed by atoms with Crippen molar-refractivity contribution in [3.8, 4) is 11.1 Å². The van der Waals surface area contributed by atoms with E-state index in [1.807, 2.05) is 66.7 Å². The van der Waals surface area contributed by atoms with Gasteiger partial charge in [-0.3, -0.25) is 4.79 Å². The van der Waals surface area contributed by atoms with E-state index in [-0.39, 0.29) is 5.78 Å². The van der Waals surface area contributed by atoms with Gasteiger partial charge in [0, 0.05) is 37.7 Å². The molecule has 0 bridgehead atoms. The molecule has 6 rings (SSSR count). The molecule has 5 aromatic carbocycles. The summed E-state index contributed by atoms with van der Waals surface area (Å²) in [5.41, 5.74) is 6.79. The zero-order chi connectivity index (χ0) is 21.7. The Labute approximate surface area is 194 Å². The lowest BCUT2D eigenvalue weighted by molar-refractivity contribution is 0.104. The molecule has 0 amide bonds. The molecular weight excluding hydrogens is 458 g/mol. The van der Waals surface area contributed by atoms with Crippen LogP contribution in [-0.4, -0.2) is 5.78 Å². The Hall–Kier alpha value is -3.69. The van der Waals surface area contributed by atoms with Gasteiger partial charge >= 0.3 is 0 Å². The fraction of sp³-hybridized carbons (Fsp3) is 0. The topological polar surface area (TPSA) is 20.3 Å². The van der Waals surface area contributed by atoms with Gasteiger partial charge in [-0.1, -0.05) is 82.7 Å². The molecule has 152 valence electrons. The largest absolute Gasteiger partial charge is 0.310 e. The van der Waals surface area contributed by atoms with Gasteiger partial charge in [0.2, 0.25) is 0 Å². The summed E-state index contributed by atoms with van der Waals surface area (Å²) < 4.78 is 0.913. The molecule has 0 saturated carbocycles. The minimum absolute atomic E-state index is 0.0718. The van der Waals surface area contributed by atoms with Gasteiger partial charge in [-0.15, -0.1) is 0 Å². The maximum absolute atomic E-state index is 13.4. The number of fused-ring (bicyclic) bond motifs is 2. The summed E-state index contributed by atoms with van der Waals surface area (Å²) in [6.07, 6.45) is 0. The van der Waals surface area contributed by atoms with Crippen LogP contribution in [0.2, 0.25) is 0 Å². The predicted molar refractivity (Wildman–Crippen MR) is 135 cm³/mol. The minimum atomic E-state index is 0.0718. The van der Waals surface area contributed by atoms with E-state index in [1.165, 1.54) is 0 Å². The number of hydrogen-bond donors (Lipinski definition) is 0. The quantitative estimate of drug-likeness (QED) is 0.256. The van der Waals surface area contributed by atoms with Crippen LogP contribution in [0.15, 0.2) is 114 Å². The van der Waals surface area contributed by atoms with Gasteiger partial charge in [-0.25, -0.2) is 0 Å². The van der Waals surface area contributed by atoms with Crippen molar-refractivity contribution in [2.75, 3.05) is 4.90 Å². The van der Waals surface area contributed by atoms with Gasteiger partial charge in [0.05, 0.1) is 5.69 Å².